The van der Waals surface area contributed by atoms with Crippen molar-refractivity contribution in [1.82, 2.24) is 9.47 Å². The molecule has 0 fully saturated rings. The molecule has 178 valence electrons. The Balaban J connectivity index is 1.48. The van der Waals surface area contributed by atoms with E-state index in [0.29, 0.717) is 18.0 Å². The van der Waals surface area contributed by atoms with Gasteiger partial charge in [-0.05, 0) is 73.2 Å². The molecule has 5 nitrogen and oxygen atoms in total. The maximum absolute atomic E-state index is 13.9. The smallest absolute Gasteiger partial charge is 0.322 e. The number of methoxy groups -OCH3 is 1. The Morgan fingerprint density at radius 1 is 1.06 bits per heavy atom. The first kappa shape index (κ1) is 21.9. The van der Waals surface area contributed by atoms with Crippen molar-refractivity contribution in [3.05, 3.63) is 99.9 Å². The minimum atomic E-state index is -0.366. The summed E-state index contributed by atoms with van der Waals surface area (Å²) < 4.78 is 21.4. The predicted molar refractivity (Wildman–Crippen MR) is 136 cm³/mol. The number of ether oxygens (including phenoxy) is 1. The van der Waals surface area contributed by atoms with Crippen LogP contribution >= 0.6 is 11.3 Å². The SMILES string of the molecule is COc1cccc(NC(=O)N2Cc3c(sc4c3CCCC4)-n3cccc3C2c2ccc(F)cc2)c1. The summed E-state index contributed by atoms with van der Waals surface area (Å²) in [6.07, 6.45) is 6.61. The van der Waals surface area contributed by atoms with Crippen molar-refractivity contribution in [2.24, 2.45) is 0 Å². The number of nitrogens with zero attached hydrogens (tertiary/aromatic N) is 2. The number of halogens is 1. The Bertz CT molecular complexity index is 1390. The molecular formula is C28H26FN3O2S. The van der Waals surface area contributed by atoms with Crippen molar-refractivity contribution >= 4 is 23.1 Å². The third kappa shape index (κ3) is 3.90. The van der Waals surface area contributed by atoms with Gasteiger partial charge in [0.1, 0.15) is 16.6 Å². The molecule has 1 N–H and O–H groups in total. The number of nitrogens with one attached hydrogen (secondary N) is 1. The van der Waals surface area contributed by atoms with Gasteiger partial charge in [-0.15, -0.1) is 11.3 Å². The first-order valence-corrected chi connectivity index (χ1v) is 12.7. The summed E-state index contributed by atoms with van der Waals surface area (Å²) in [4.78, 5) is 17.2. The number of fused-ring (bicyclic) bond motifs is 5. The Morgan fingerprint density at radius 2 is 1.89 bits per heavy atom. The summed E-state index contributed by atoms with van der Waals surface area (Å²) in [7, 11) is 1.61. The lowest BCUT2D eigenvalue weighted by Crippen LogP contribution is -2.38. The van der Waals surface area contributed by atoms with Gasteiger partial charge in [0.2, 0.25) is 0 Å². The van der Waals surface area contributed by atoms with E-state index >= 15 is 0 Å². The molecule has 1 atom stereocenters. The van der Waals surface area contributed by atoms with E-state index in [1.54, 1.807) is 19.2 Å². The van der Waals surface area contributed by atoms with Gasteiger partial charge in [0, 0.05) is 28.4 Å². The maximum Gasteiger partial charge on any atom is 0.322 e. The van der Waals surface area contributed by atoms with Gasteiger partial charge in [-0.1, -0.05) is 18.2 Å². The Hall–Kier alpha value is -3.58. The normalized spacial score (nSPS) is 16.6. The topological polar surface area (TPSA) is 46.5 Å². The molecule has 35 heavy (non-hydrogen) atoms. The molecular weight excluding hydrogens is 461 g/mol. The summed E-state index contributed by atoms with van der Waals surface area (Å²) >= 11 is 1.85. The predicted octanol–water partition coefficient (Wildman–Crippen LogP) is 6.70. The second-order valence-corrected chi connectivity index (χ2v) is 10.1. The average molecular weight is 488 g/mol. The third-order valence-corrected chi connectivity index (χ3v) is 8.28. The number of thiophene rings is 1. The van der Waals surface area contributed by atoms with Crippen molar-refractivity contribution in [1.29, 1.82) is 0 Å². The number of anilines is 1. The van der Waals surface area contributed by atoms with Gasteiger partial charge in [-0.25, -0.2) is 9.18 Å². The van der Waals surface area contributed by atoms with E-state index in [1.807, 2.05) is 46.6 Å². The molecule has 1 aliphatic carbocycles. The summed E-state index contributed by atoms with van der Waals surface area (Å²) in [5, 5.41) is 4.27. The Labute approximate surface area is 207 Å². The highest BCUT2D eigenvalue weighted by Gasteiger charge is 2.36. The zero-order chi connectivity index (χ0) is 23.9. The second kappa shape index (κ2) is 8.89. The fourth-order valence-electron chi connectivity index (χ4n) is 5.28. The van der Waals surface area contributed by atoms with E-state index < -0.39 is 0 Å². The van der Waals surface area contributed by atoms with Crippen LogP contribution in [-0.2, 0) is 19.4 Å². The molecule has 6 rings (SSSR count). The van der Waals surface area contributed by atoms with Crippen LogP contribution in [0.15, 0.2) is 66.9 Å². The second-order valence-electron chi connectivity index (χ2n) is 9.04. The zero-order valence-electron chi connectivity index (χ0n) is 19.5. The van der Waals surface area contributed by atoms with Crippen LogP contribution in [0.1, 0.15) is 46.1 Å². The van der Waals surface area contributed by atoms with Crippen LogP contribution in [0.5, 0.6) is 5.75 Å². The number of carbonyl (C=O) groups excluding carboxylic acids is 1. The van der Waals surface area contributed by atoms with Gasteiger partial charge < -0.3 is 19.5 Å². The molecule has 1 unspecified atom stereocenters. The van der Waals surface area contributed by atoms with E-state index in [1.165, 1.54) is 46.0 Å². The van der Waals surface area contributed by atoms with E-state index in [-0.39, 0.29) is 17.9 Å². The van der Waals surface area contributed by atoms with Crippen molar-refractivity contribution in [3.63, 3.8) is 0 Å². The summed E-state index contributed by atoms with van der Waals surface area (Å²) in [5.74, 6) is 0.384. The van der Waals surface area contributed by atoms with Crippen molar-refractivity contribution in [2.75, 3.05) is 12.4 Å². The van der Waals surface area contributed by atoms with Crippen LogP contribution < -0.4 is 10.1 Å². The van der Waals surface area contributed by atoms with Gasteiger partial charge in [0.05, 0.1) is 25.4 Å². The Kier molecular flexibility index (Phi) is 5.57. The molecule has 0 bridgehead atoms. The number of rotatable bonds is 3. The fourth-order valence-corrected chi connectivity index (χ4v) is 6.68. The standard InChI is InChI=1S/C28H26FN3O2S/c1-34-21-7-4-6-20(16-21)30-28(33)32-17-23-22-8-2-3-10-25(22)35-27(23)31-15-5-9-24(31)26(32)18-11-13-19(29)14-12-18/h4-7,9,11-16,26H,2-3,8,10,17H2,1H3,(H,30,33). The third-order valence-electron chi connectivity index (χ3n) is 6.95. The Morgan fingerprint density at radius 3 is 2.71 bits per heavy atom. The van der Waals surface area contributed by atoms with Crippen molar-refractivity contribution < 1.29 is 13.9 Å². The zero-order valence-corrected chi connectivity index (χ0v) is 20.3. The molecule has 1 aliphatic heterocycles. The van der Waals surface area contributed by atoms with E-state index in [2.05, 4.69) is 22.1 Å². The molecule has 0 saturated carbocycles. The van der Waals surface area contributed by atoms with Crippen LogP contribution in [0.4, 0.5) is 14.9 Å². The first-order chi connectivity index (χ1) is 17.1. The van der Waals surface area contributed by atoms with E-state index in [0.717, 1.165) is 24.1 Å². The maximum atomic E-state index is 13.9. The fraction of sp³-hybridized carbons (Fsp3) is 0.250. The van der Waals surface area contributed by atoms with E-state index in [4.69, 9.17) is 4.74 Å². The summed E-state index contributed by atoms with van der Waals surface area (Å²) in [6, 6.07) is 17.4. The molecule has 3 heterocycles. The number of urea groups is 1. The van der Waals surface area contributed by atoms with Crippen LogP contribution in [0.25, 0.3) is 5.00 Å². The number of aryl methyl sites for hydroxylation is 1. The first-order valence-electron chi connectivity index (χ1n) is 11.9. The molecule has 0 radical (unpaired) electrons. The van der Waals surface area contributed by atoms with Crippen LogP contribution in [0, 0.1) is 5.82 Å². The lowest BCUT2D eigenvalue weighted by Gasteiger charge is -2.31. The number of amides is 2. The van der Waals surface area contributed by atoms with Crippen LogP contribution in [0.3, 0.4) is 0 Å². The molecule has 7 heteroatoms. The molecule has 2 aliphatic rings. The molecule has 2 aromatic heterocycles. The minimum Gasteiger partial charge on any atom is -0.497 e. The quantitative estimate of drug-likeness (QED) is 0.349. The highest BCUT2D eigenvalue weighted by Crippen LogP contribution is 2.44. The lowest BCUT2D eigenvalue weighted by molar-refractivity contribution is 0.194. The van der Waals surface area contributed by atoms with E-state index in [9.17, 15) is 9.18 Å². The number of hydrogen-bond acceptors (Lipinski definition) is 3. The molecule has 0 saturated heterocycles. The average Bonchev–Trinajstić information content (AvgIpc) is 3.47. The highest BCUT2D eigenvalue weighted by molar-refractivity contribution is 7.15. The highest BCUT2D eigenvalue weighted by atomic mass is 32.1. The summed E-state index contributed by atoms with van der Waals surface area (Å²) in [5.41, 5.74) is 5.16. The molecule has 0 spiro atoms. The van der Waals surface area contributed by atoms with Gasteiger partial charge in [0.15, 0.2) is 0 Å². The largest absolute Gasteiger partial charge is 0.497 e. The van der Waals surface area contributed by atoms with Gasteiger partial charge in [-0.2, -0.15) is 0 Å². The van der Waals surface area contributed by atoms with Crippen molar-refractivity contribution in [2.45, 2.75) is 38.3 Å². The van der Waals surface area contributed by atoms with Crippen LogP contribution in [0.2, 0.25) is 0 Å². The van der Waals surface area contributed by atoms with Gasteiger partial charge in [-0.3, -0.25) is 0 Å². The number of benzene rings is 2. The van der Waals surface area contributed by atoms with Gasteiger partial charge >= 0.3 is 6.03 Å². The molecule has 2 amide bonds. The van der Waals surface area contributed by atoms with Crippen molar-refractivity contribution in [3.8, 4) is 10.8 Å². The number of hydrogen-bond donors (Lipinski definition) is 1. The molecule has 2 aromatic carbocycles. The lowest BCUT2D eigenvalue weighted by atomic mass is 9.95. The monoisotopic (exact) mass is 487 g/mol. The summed E-state index contributed by atoms with van der Waals surface area (Å²) in [6.45, 7) is 0.487. The number of carbonyl (C=O) groups is 1. The van der Waals surface area contributed by atoms with Gasteiger partial charge in [0.25, 0.3) is 0 Å². The minimum absolute atomic E-state index is 0.205. The molecule has 4 aromatic rings. The van der Waals surface area contributed by atoms with Crippen LogP contribution in [-0.4, -0.2) is 22.6 Å². The number of aromatic nitrogens is 1.